The van der Waals surface area contributed by atoms with Crippen LogP contribution < -0.4 is 5.73 Å². The van der Waals surface area contributed by atoms with E-state index in [9.17, 15) is 4.79 Å². The summed E-state index contributed by atoms with van der Waals surface area (Å²) in [5, 5.41) is 0. The second-order valence-corrected chi connectivity index (χ2v) is 6.16. The van der Waals surface area contributed by atoms with Crippen molar-refractivity contribution in [3.63, 3.8) is 0 Å². The number of likely N-dealkylation sites (tertiary alicyclic amines) is 1. The minimum absolute atomic E-state index is 0.308. The van der Waals surface area contributed by atoms with Crippen molar-refractivity contribution < 1.29 is 9.53 Å². The maximum absolute atomic E-state index is 12.2. The Kier molecular flexibility index (Phi) is 8.15. The van der Waals surface area contributed by atoms with Crippen LogP contribution in [-0.2, 0) is 9.53 Å². The lowest BCUT2D eigenvalue weighted by atomic mass is 9.88. The Morgan fingerprint density at radius 1 is 1.30 bits per heavy atom. The maximum Gasteiger partial charge on any atom is 0.222 e. The lowest BCUT2D eigenvalue weighted by Gasteiger charge is -2.32. The van der Waals surface area contributed by atoms with Gasteiger partial charge >= 0.3 is 0 Å². The fourth-order valence-electron chi connectivity index (χ4n) is 3.00. The van der Waals surface area contributed by atoms with Gasteiger partial charge in [-0.1, -0.05) is 13.8 Å². The molecular weight excluding hydrogens is 252 g/mol. The van der Waals surface area contributed by atoms with Crippen LogP contribution in [0, 0.1) is 11.8 Å². The average molecular weight is 284 g/mol. The smallest absolute Gasteiger partial charge is 0.222 e. The first-order chi connectivity index (χ1) is 9.58. The highest BCUT2D eigenvalue weighted by atomic mass is 16.5. The van der Waals surface area contributed by atoms with Crippen LogP contribution in [0.25, 0.3) is 0 Å². The summed E-state index contributed by atoms with van der Waals surface area (Å²) in [7, 11) is 0. The number of hydrogen-bond donors (Lipinski definition) is 1. The third-order valence-corrected chi connectivity index (χ3v) is 4.41. The van der Waals surface area contributed by atoms with Crippen LogP contribution >= 0.6 is 0 Å². The molecule has 1 rings (SSSR count). The third kappa shape index (κ3) is 5.80. The molecule has 4 nitrogen and oxygen atoms in total. The van der Waals surface area contributed by atoms with E-state index in [2.05, 4.69) is 13.8 Å². The van der Waals surface area contributed by atoms with Gasteiger partial charge in [-0.3, -0.25) is 4.79 Å². The van der Waals surface area contributed by atoms with Gasteiger partial charge in [0, 0.05) is 26.1 Å². The Bertz CT molecular complexity index is 274. The molecule has 0 bridgehead atoms. The molecular formula is C16H32N2O2. The second kappa shape index (κ2) is 9.35. The first-order valence-corrected chi connectivity index (χ1v) is 8.17. The van der Waals surface area contributed by atoms with Crippen LogP contribution in [0.2, 0.25) is 0 Å². The molecule has 0 spiro atoms. The number of nitrogens with two attached hydrogens (primary N) is 1. The van der Waals surface area contributed by atoms with Gasteiger partial charge in [0.1, 0.15) is 0 Å². The Labute approximate surface area is 124 Å². The lowest BCUT2D eigenvalue weighted by Crippen LogP contribution is -2.41. The fraction of sp³-hybridized carbons (Fsp3) is 0.938. The van der Waals surface area contributed by atoms with Crippen LogP contribution in [0.3, 0.4) is 0 Å². The van der Waals surface area contributed by atoms with E-state index in [0.29, 0.717) is 30.3 Å². The molecule has 2 N–H and O–H groups in total. The topological polar surface area (TPSA) is 55.6 Å². The predicted octanol–water partition coefficient (Wildman–Crippen LogP) is 2.42. The van der Waals surface area contributed by atoms with Gasteiger partial charge in [0.05, 0.1) is 6.10 Å². The molecule has 0 aliphatic carbocycles. The molecule has 20 heavy (non-hydrogen) atoms. The molecule has 1 aliphatic heterocycles. The summed E-state index contributed by atoms with van der Waals surface area (Å²) in [5.41, 5.74) is 5.65. The van der Waals surface area contributed by atoms with E-state index < -0.39 is 0 Å². The monoisotopic (exact) mass is 284 g/mol. The van der Waals surface area contributed by atoms with E-state index in [1.807, 2.05) is 11.8 Å². The number of ether oxygens (including phenoxy) is 1. The maximum atomic E-state index is 12.2. The van der Waals surface area contributed by atoms with Crippen LogP contribution in [0.4, 0.5) is 0 Å². The Morgan fingerprint density at radius 3 is 2.45 bits per heavy atom. The van der Waals surface area contributed by atoms with E-state index >= 15 is 0 Å². The molecule has 4 heteroatoms. The quantitative estimate of drug-likeness (QED) is 0.744. The SMILES string of the molecule is CCOC1CCN(C(=O)CCC(CCN)C(C)C)CC1. The van der Waals surface area contributed by atoms with Crippen molar-refractivity contribution in [3.05, 3.63) is 0 Å². The molecule has 0 aromatic rings. The lowest BCUT2D eigenvalue weighted by molar-refractivity contribution is -0.134. The number of rotatable bonds is 8. The van der Waals surface area contributed by atoms with E-state index in [0.717, 1.165) is 51.9 Å². The number of hydrogen-bond acceptors (Lipinski definition) is 3. The highest BCUT2D eigenvalue weighted by molar-refractivity contribution is 5.76. The van der Waals surface area contributed by atoms with Crippen LogP contribution in [0.15, 0.2) is 0 Å². The van der Waals surface area contributed by atoms with Crippen molar-refractivity contribution in [2.24, 2.45) is 17.6 Å². The molecule has 1 amide bonds. The van der Waals surface area contributed by atoms with E-state index in [1.54, 1.807) is 0 Å². The Hall–Kier alpha value is -0.610. The summed E-state index contributed by atoms with van der Waals surface area (Å²) in [6, 6.07) is 0. The highest BCUT2D eigenvalue weighted by Gasteiger charge is 2.23. The van der Waals surface area contributed by atoms with Gasteiger partial charge in [0.2, 0.25) is 5.91 Å². The minimum Gasteiger partial charge on any atom is -0.378 e. The zero-order chi connectivity index (χ0) is 15.0. The van der Waals surface area contributed by atoms with Gasteiger partial charge in [-0.2, -0.15) is 0 Å². The van der Waals surface area contributed by atoms with Gasteiger partial charge < -0.3 is 15.4 Å². The van der Waals surface area contributed by atoms with Crippen LogP contribution in [0.5, 0.6) is 0 Å². The summed E-state index contributed by atoms with van der Waals surface area (Å²) in [5.74, 6) is 1.49. The number of amides is 1. The van der Waals surface area contributed by atoms with Crippen LogP contribution in [-0.4, -0.2) is 43.2 Å². The highest BCUT2D eigenvalue weighted by Crippen LogP contribution is 2.22. The molecule has 0 saturated carbocycles. The molecule has 0 aromatic carbocycles. The summed E-state index contributed by atoms with van der Waals surface area (Å²) in [6.45, 7) is 9.67. The molecule has 1 saturated heterocycles. The fourth-order valence-corrected chi connectivity index (χ4v) is 3.00. The van der Waals surface area contributed by atoms with Crippen molar-refractivity contribution in [3.8, 4) is 0 Å². The van der Waals surface area contributed by atoms with Gasteiger partial charge in [-0.15, -0.1) is 0 Å². The first-order valence-electron chi connectivity index (χ1n) is 8.17. The van der Waals surface area contributed by atoms with Gasteiger partial charge in [0.25, 0.3) is 0 Å². The van der Waals surface area contributed by atoms with Gasteiger partial charge in [0.15, 0.2) is 0 Å². The summed E-state index contributed by atoms with van der Waals surface area (Å²) in [6.07, 6.45) is 4.98. The predicted molar refractivity (Wildman–Crippen MR) is 82.5 cm³/mol. The molecule has 118 valence electrons. The molecule has 1 fully saturated rings. The third-order valence-electron chi connectivity index (χ3n) is 4.41. The van der Waals surface area contributed by atoms with Crippen molar-refractivity contribution in [1.82, 2.24) is 4.90 Å². The molecule has 1 heterocycles. The van der Waals surface area contributed by atoms with Crippen molar-refractivity contribution in [2.75, 3.05) is 26.2 Å². The Balaban J connectivity index is 2.29. The minimum atomic E-state index is 0.308. The number of carbonyl (C=O) groups is 1. The normalized spacial score (nSPS) is 18.6. The largest absolute Gasteiger partial charge is 0.378 e. The van der Waals surface area contributed by atoms with E-state index in [4.69, 9.17) is 10.5 Å². The molecule has 0 aromatic heterocycles. The standard InChI is InChI=1S/C16H32N2O2/c1-4-20-15-8-11-18(12-9-15)16(19)6-5-14(7-10-17)13(2)3/h13-15H,4-12,17H2,1-3H3. The van der Waals surface area contributed by atoms with Crippen LogP contribution in [0.1, 0.15) is 52.9 Å². The molecule has 1 aliphatic rings. The number of carbonyl (C=O) groups excluding carboxylic acids is 1. The van der Waals surface area contributed by atoms with Crippen molar-refractivity contribution in [2.45, 2.75) is 59.0 Å². The van der Waals surface area contributed by atoms with Gasteiger partial charge in [-0.25, -0.2) is 0 Å². The molecule has 1 unspecified atom stereocenters. The zero-order valence-electron chi connectivity index (χ0n) is 13.4. The first kappa shape index (κ1) is 17.4. The van der Waals surface area contributed by atoms with Crippen molar-refractivity contribution >= 4 is 5.91 Å². The molecule has 0 radical (unpaired) electrons. The van der Waals surface area contributed by atoms with E-state index in [-0.39, 0.29) is 0 Å². The van der Waals surface area contributed by atoms with Crippen molar-refractivity contribution in [1.29, 1.82) is 0 Å². The Morgan fingerprint density at radius 2 is 1.95 bits per heavy atom. The average Bonchev–Trinajstić information content (AvgIpc) is 2.44. The summed E-state index contributed by atoms with van der Waals surface area (Å²) >= 11 is 0. The second-order valence-electron chi connectivity index (χ2n) is 6.16. The molecule has 1 atom stereocenters. The summed E-state index contributed by atoms with van der Waals surface area (Å²) < 4.78 is 5.62. The van der Waals surface area contributed by atoms with Gasteiger partial charge in [-0.05, 0) is 51.0 Å². The summed E-state index contributed by atoms with van der Waals surface area (Å²) in [4.78, 5) is 14.3. The van der Waals surface area contributed by atoms with E-state index in [1.165, 1.54) is 0 Å². The number of nitrogens with zero attached hydrogens (tertiary/aromatic N) is 1. The number of piperidine rings is 1. The zero-order valence-corrected chi connectivity index (χ0v) is 13.4.